The molecule has 3 aliphatic rings. The van der Waals surface area contributed by atoms with E-state index in [0.29, 0.717) is 18.3 Å². The van der Waals surface area contributed by atoms with E-state index in [-0.39, 0.29) is 17.9 Å². The Labute approximate surface area is 151 Å². The number of hydrogen-bond acceptors (Lipinski definition) is 7. The van der Waals surface area contributed by atoms with Crippen molar-refractivity contribution in [1.29, 1.82) is 0 Å². The van der Waals surface area contributed by atoms with Gasteiger partial charge in [0.25, 0.3) is 0 Å². The number of esters is 2. The van der Waals surface area contributed by atoms with Crippen LogP contribution >= 0.6 is 0 Å². The maximum absolute atomic E-state index is 12.2. The topological polar surface area (TPSA) is 110 Å². The molecule has 7 nitrogen and oxygen atoms in total. The van der Waals surface area contributed by atoms with Crippen LogP contribution in [0.25, 0.3) is 0 Å². The quantitative estimate of drug-likeness (QED) is 0.426. The molecular weight excluding hydrogens is 340 g/mol. The molecular formula is C19H24O7. The van der Waals surface area contributed by atoms with E-state index in [0.717, 1.165) is 0 Å². The Hall–Kier alpha value is -1.99. The Morgan fingerprint density at radius 3 is 2.81 bits per heavy atom. The van der Waals surface area contributed by atoms with Crippen molar-refractivity contribution in [1.82, 2.24) is 0 Å². The SMILES string of the molecule is C=C1C(=O)OC2C1C(OC(=O)C(C)C)C=C(C=O)C1CCC(O)(CO)C12. The first-order valence-electron chi connectivity index (χ1n) is 8.84. The van der Waals surface area contributed by atoms with Gasteiger partial charge < -0.3 is 19.7 Å². The smallest absolute Gasteiger partial charge is 0.334 e. The minimum atomic E-state index is -1.47. The van der Waals surface area contributed by atoms with Crippen molar-refractivity contribution in [3.05, 3.63) is 23.8 Å². The van der Waals surface area contributed by atoms with Crippen LogP contribution in [0.5, 0.6) is 0 Å². The number of allylic oxidation sites excluding steroid dienone is 1. The van der Waals surface area contributed by atoms with E-state index < -0.39 is 54.1 Å². The summed E-state index contributed by atoms with van der Waals surface area (Å²) in [5.74, 6) is -3.22. The van der Waals surface area contributed by atoms with Crippen molar-refractivity contribution in [2.75, 3.05) is 6.61 Å². The van der Waals surface area contributed by atoms with Gasteiger partial charge in [-0.15, -0.1) is 0 Å². The van der Waals surface area contributed by atoms with Gasteiger partial charge in [0.1, 0.15) is 18.5 Å². The van der Waals surface area contributed by atoms with Crippen molar-refractivity contribution in [2.45, 2.75) is 44.5 Å². The van der Waals surface area contributed by atoms with E-state index in [1.54, 1.807) is 19.9 Å². The minimum Gasteiger partial charge on any atom is -0.458 e. The van der Waals surface area contributed by atoms with Crippen LogP contribution < -0.4 is 0 Å². The first-order chi connectivity index (χ1) is 12.2. The Kier molecular flexibility index (Phi) is 4.79. The molecule has 26 heavy (non-hydrogen) atoms. The molecule has 2 N–H and O–H groups in total. The van der Waals surface area contributed by atoms with Crippen molar-refractivity contribution < 1.29 is 34.1 Å². The molecule has 7 heteroatoms. The highest BCUT2D eigenvalue weighted by Gasteiger charge is 2.60. The van der Waals surface area contributed by atoms with Crippen molar-refractivity contribution in [2.24, 2.45) is 23.7 Å². The number of ether oxygens (including phenoxy) is 2. The number of hydrogen-bond donors (Lipinski definition) is 2. The molecule has 6 atom stereocenters. The summed E-state index contributed by atoms with van der Waals surface area (Å²) in [6.45, 7) is 6.64. The molecule has 1 saturated heterocycles. The van der Waals surface area contributed by atoms with E-state index in [1.807, 2.05) is 0 Å². The predicted octanol–water partition coefficient (Wildman–Crippen LogP) is 0.540. The maximum atomic E-state index is 12.2. The number of aliphatic hydroxyl groups excluding tert-OH is 1. The van der Waals surface area contributed by atoms with Gasteiger partial charge >= 0.3 is 11.9 Å². The van der Waals surface area contributed by atoms with Gasteiger partial charge in [-0.2, -0.15) is 0 Å². The molecule has 0 aromatic carbocycles. The van der Waals surface area contributed by atoms with Crippen molar-refractivity contribution >= 4 is 18.2 Å². The molecule has 0 radical (unpaired) electrons. The number of fused-ring (bicyclic) bond motifs is 3. The van der Waals surface area contributed by atoms with Gasteiger partial charge in [0.05, 0.1) is 24.0 Å². The van der Waals surface area contributed by atoms with Gasteiger partial charge in [0.15, 0.2) is 0 Å². The summed E-state index contributed by atoms with van der Waals surface area (Å²) < 4.78 is 11.0. The highest BCUT2D eigenvalue weighted by Crippen LogP contribution is 2.53. The Morgan fingerprint density at radius 1 is 1.54 bits per heavy atom. The molecule has 0 aromatic heterocycles. The highest BCUT2D eigenvalue weighted by molar-refractivity contribution is 5.91. The summed E-state index contributed by atoms with van der Waals surface area (Å²) >= 11 is 0. The van der Waals surface area contributed by atoms with Crippen LogP contribution in [0.2, 0.25) is 0 Å². The Bertz CT molecular complexity index is 679. The molecule has 2 fully saturated rings. The first-order valence-corrected chi connectivity index (χ1v) is 8.84. The molecule has 3 rings (SSSR count). The van der Waals surface area contributed by atoms with Crippen LogP contribution in [0, 0.1) is 23.7 Å². The lowest BCUT2D eigenvalue weighted by molar-refractivity contribution is -0.158. The molecule has 6 unspecified atom stereocenters. The maximum Gasteiger partial charge on any atom is 0.334 e. The zero-order valence-corrected chi connectivity index (χ0v) is 14.9. The van der Waals surface area contributed by atoms with Gasteiger partial charge in [0, 0.05) is 11.5 Å². The molecule has 1 heterocycles. The number of carbonyl (C=O) groups excluding carboxylic acids is 3. The van der Waals surface area contributed by atoms with E-state index in [4.69, 9.17) is 9.47 Å². The summed E-state index contributed by atoms with van der Waals surface area (Å²) in [7, 11) is 0. The fraction of sp³-hybridized carbons (Fsp3) is 0.632. The summed E-state index contributed by atoms with van der Waals surface area (Å²) in [6.07, 6.45) is 1.27. The van der Waals surface area contributed by atoms with Crippen LogP contribution in [-0.4, -0.2) is 52.9 Å². The summed E-state index contributed by atoms with van der Waals surface area (Å²) in [5, 5.41) is 20.6. The summed E-state index contributed by atoms with van der Waals surface area (Å²) in [5.41, 5.74) is -0.942. The number of aldehydes is 1. The molecule has 0 aromatic rings. The standard InChI is InChI=1S/C19H24O7/c1-9(2)17(22)25-13-6-11(7-20)12-4-5-19(24,8-21)15(12)16-14(13)10(3)18(23)26-16/h6-7,9,12-16,21,24H,3-5,8H2,1-2H3. The van der Waals surface area contributed by atoms with E-state index in [2.05, 4.69) is 6.58 Å². The molecule has 1 saturated carbocycles. The van der Waals surface area contributed by atoms with Gasteiger partial charge in [-0.25, -0.2) is 4.79 Å². The Balaban J connectivity index is 2.08. The van der Waals surface area contributed by atoms with Gasteiger partial charge in [0.2, 0.25) is 0 Å². The van der Waals surface area contributed by atoms with E-state index in [9.17, 15) is 24.6 Å². The first kappa shape index (κ1) is 18.8. The average Bonchev–Trinajstić information content (AvgIpc) is 3.04. The molecule has 142 valence electrons. The molecule has 0 amide bonds. The van der Waals surface area contributed by atoms with Crippen molar-refractivity contribution in [3.8, 4) is 0 Å². The van der Waals surface area contributed by atoms with Crippen molar-refractivity contribution in [3.63, 3.8) is 0 Å². The molecule has 1 aliphatic heterocycles. The van der Waals surface area contributed by atoms with Gasteiger partial charge in [-0.05, 0) is 30.4 Å². The third-order valence-corrected chi connectivity index (χ3v) is 5.83. The number of aliphatic hydroxyl groups is 2. The number of carbonyl (C=O) groups is 3. The van der Waals surface area contributed by atoms with Gasteiger partial charge in [-0.1, -0.05) is 20.4 Å². The molecule has 2 aliphatic carbocycles. The van der Waals surface area contributed by atoms with Crippen LogP contribution in [0.1, 0.15) is 26.7 Å². The van der Waals surface area contributed by atoms with E-state index >= 15 is 0 Å². The normalized spacial score (nSPS) is 39.0. The second-order valence-corrected chi connectivity index (χ2v) is 7.69. The van der Waals surface area contributed by atoms with Crippen LogP contribution in [0.15, 0.2) is 23.8 Å². The number of rotatable bonds is 4. The second-order valence-electron chi connectivity index (χ2n) is 7.69. The van der Waals surface area contributed by atoms with Crippen LogP contribution in [0.3, 0.4) is 0 Å². The molecule has 0 spiro atoms. The van der Waals surface area contributed by atoms with Crippen LogP contribution in [0.4, 0.5) is 0 Å². The minimum absolute atomic E-state index is 0.144. The average molecular weight is 364 g/mol. The second kappa shape index (κ2) is 6.63. The largest absolute Gasteiger partial charge is 0.458 e. The third kappa shape index (κ3) is 2.79. The molecule has 0 bridgehead atoms. The monoisotopic (exact) mass is 364 g/mol. The van der Waals surface area contributed by atoms with Crippen LogP contribution in [-0.2, 0) is 23.9 Å². The van der Waals surface area contributed by atoms with Gasteiger partial charge in [-0.3, -0.25) is 9.59 Å². The lowest BCUT2D eigenvalue weighted by Crippen LogP contribution is -2.48. The Morgan fingerprint density at radius 2 is 2.23 bits per heavy atom. The zero-order valence-electron chi connectivity index (χ0n) is 14.9. The predicted molar refractivity (Wildman–Crippen MR) is 89.6 cm³/mol. The highest BCUT2D eigenvalue weighted by atomic mass is 16.6. The van der Waals surface area contributed by atoms with E-state index in [1.165, 1.54) is 0 Å². The lowest BCUT2D eigenvalue weighted by atomic mass is 9.75. The fourth-order valence-electron chi connectivity index (χ4n) is 4.43. The summed E-state index contributed by atoms with van der Waals surface area (Å²) in [6, 6.07) is 0. The fourth-order valence-corrected chi connectivity index (χ4v) is 4.43. The lowest BCUT2D eigenvalue weighted by Gasteiger charge is -2.36. The zero-order chi connectivity index (χ0) is 19.2. The summed E-state index contributed by atoms with van der Waals surface area (Å²) in [4.78, 5) is 36.0. The third-order valence-electron chi connectivity index (χ3n) is 5.83.